The molecule has 1 amide bonds. The monoisotopic (exact) mass is 479 g/mol. The Bertz CT molecular complexity index is 1350. The number of ether oxygens (including phenoxy) is 1. The van der Waals surface area contributed by atoms with Crippen LogP contribution in [0.3, 0.4) is 0 Å². The summed E-state index contributed by atoms with van der Waals surface area (Å²) >= 11 is 0. The number of amides is 1. The molecule has 0 bridgehead atoms. The molecular weight excluding hydrogens is 450 g/mol. The van der Waals surface area contributed by atoms with Crippen LogP contribution >= 0.6 is 0 Å². The second kappa shape index (κ2) is 9.06. The quantitative estimate of drug-likeness (QED) is 0.409. The molecule has 11 heteroatoms. The molecule has 4 aromatic rings. The van der Waals surface area contributed by atoms with Crippen LogP contribution in [0.1, 0.15) is 62.0 Å². The lowest BCUT2D eigenvalue weighted by Gasteiger charge is -2.19. The zero-order valence-electron chi connectivity index (χ0n) is 20.7. The van der Waals surface area contributed by atoms with E-state index in [0.717, 1.165) is 11.1 Å². The van der Waals surface area contributed by atoms with Gasteiger partial charge in [-0.05, 0) is 38.3 Å². The number of carbonyl (C=O) groups is 1. The maximum absolute atomic E-state index is 12.3. The number of fused-ring (bicyclic) bond motifs is 1. The van der Waals surface area contributed by atoms with Crippen molar-refractivity contribution in [2.75, 3.05) is 6.54 Å². The average molecular weight is 480 g/mol. The Morgan fingerprint density at radius 1 is 1.20 bits per heavy atom. The number of aromatic nitrogens is 6. The van der Waals surface area contributed by atoms with Crippen molar-refractivity contribution in [1.29, 1.82) is 0 Å². The van der Waals surface area contributed by atoms with Crippen LogP contribution in [0.4, 0.5) is 0 Å². The van der Waals surface area contributed by atoms with Crippen LogP contribution in [0.2, 0.25) is 0 Å². The molecule has 0 saturated heterocycles. The number of nitrogens with zero attached hydrogens (tertiary/aromatic N) is 6. The van der Waals surface area contributed by atoms with Crippen LogP contribution < -0.4 is 10.1 Å². The van der Waals surface area contributed by atoms with Gasteiger partial charge in [0.2, 0.25) is 11.7 Å². The molecule has 0 aliphatic rings. The molecule has 4 aromatic heterocycles. The summed E-state index contributed by atoms with van der Waals surface area (Å²) in [5.41, 5.74) is 1.88. The van der Waals surface area contributed by atoms with E-state index in [1.807, 2.05) is 0 Å². The Balaban J connectivity index is 1.58. The predicted molar refractivity (Wildman–Crippen MR) is 127 cm³/mol. The van der Waals surface area contributed by atoms with E-state index in [4.69, 9.17) is 9.26 Å². The van der Waals surface area contributed by atoms with Crippen LogP contribution in [0, 0.1) is 6.92 Å². The molecule has 0 aliphatic heterocycles. The van der Waals surface area contributed by atoms with Gasteiger partial charge in [0.05, 0.1) is 28.6 Å². The minimum Gasteiger partial charge on any atom is -0.470 e. The lowest BCUT2D eigenvalue weighted by atomic mass is 9.88. The minimum absolute atomic E-state index is 0.139. The second-order valence-electron chi connectivity index (χ2n) is 10.0. The molecule has 0 atom stereocenters. The first kappa shape index (κ1) is 24.3. The van der Waals surface area contributed by atoms with Crippen molar-refractivity contribution < 1.29 is 19.2 Å². The molecule has 184 valence electrons. The maximum atomic E-state index is 12.3. The van der Waals surface area contributed by atoms with Crippen LogP contribution in [-0.4, -0.2) is 53.1 Å². The first-order chi connectivity index (χ1) is 16.4. The summed E-state index contributed by atoms with van der Waals surface area (Å²) in [6, 6.07) is 5.16. The Labute approximate surface area is 202 Å². The summed E-state index contributed by atoms with van der Waals surface area (Å²) < 4.78 is 12.9. The second-order valence-corrected chi connectivity index (χ2v) is 10.0. The topological polar surface area (TPSA) is 141 Å². The lowest BCUT2D eigenvalue weighted by molar-refractivity contribution is 0.0694. The summed E-state index contributed by atoms with van der Waals surface area (Å²) in [6.07, 6.45) is 3.13. The van der Waals surface area contributed by atoms with Gasteiger partial charge in [-0.25, -0.2) is 4.52 Å². The summed E-state index contributed by atoms with van der Waals surface area (Å²) in [6.45, 7) is 11.5. The van der Waals surface area contributed by atoms with Crippen molar-refractivity contribution in [3.63, 3.8) is 0 Å². The van der Waals surface area contributed by atoms with E-state index in [1.165, 1.54) is 6.20 Å². The van der Waals surface area contributed by atoms with Gasteiger partial charge in [-0.15, -0.1) is 10.2 Å². The largest absolute Gasteiger partial charge is 0.470 e. The highest BCUT2D eigenvalue weighted by atomic mass is 16.5. The summed E-state index contributed by atoms with van der Waals surface area (Å²) in [7, 11) is 0. The van der Waals surface area contributed by atoms with E-state index in [1.54, 1.807) is 49.7 Å². The Morgan fingerprint density at radius 2 is 1.97 bits per heavy atom. The first-order valence-electron chi connectivity index (χ1n) is 11.2. The summed E-state index contributed by atoms with van der Waals surface area (Å²) in [5.74, 6) is 1.22. The van der Waals surface area contributed by atoms with Gasteiger partial charge in [0, 0.05) is 24.4 Å². The molecule has 0 saturated carbocycles. The highest BCUT2D eigenvalue weighted by Crippen LogP contribution is 2.36. The van der Waals surface area contributed by atoms with E-state index >= 15 is 0 Å². The predicted octanol–water partition coefficient (Wildman–Crippen LogP) is 2.86. The molecule has 0 fully saturated rings. The number of rotatable bonds is 7. The normalized spacial score (nSPS) is 12.2. The Morgan fingerprint density at radius 3 is 2.57 bits per heavy atom. The summed E-state index contributed by atoms with van der Waals surface area (Å²) in [4.78, 5) is 16.6. The van der Waals surface area contributed by atoms with Crippen LogP contribution in [0.5, 0.6) is 5.88 Å². The van der Waals surface area contributed by atoms with E-state index < -0.39 is 5.60 Å². The number of aryl methyl sites for hydroxylation is 1. The first-order valence-corrected chi connectivity index (χ1v) is 11.2. The fraction of sp³-hybridized carbons (Fsp3) is 0.417. The number of nitrogens with one attached hydrogen (secondary N) is 1. The van der Waals surface area contributed by atoms with E-state index in [0.29, 0.717) is 34.4 Å². The number of pyridine rings is 1. The third kappa shape index (κ3) is 5.46. The molecule has 2 N–H and O–H groups in total. The zero-order valence-corrected chi connectivity index (χ0v) is 20.7. The minimum atomic E-state index is -0.993. The third-order valence-corrected chi connectivity index (χ3v) is 5.15. The number of hydrogen-bond donors (Lipinski definition) is 2. The van der Waals surface area contributed by atoms with Gasteiger partial charge in [0.15, 0.2) is 5.69 Å². The molecule has 4 heterocycles. The Hall–Kier alpha value is -3.86. The van der Waals surface area contributed by atoms with Gasteiger partial charge in [-0.2, -0.15) is 5.10 Å². The van der Waals surface area contributed by atoms with E-state index in [2.05, 4.69) is 51.5 Å². The standard InChI is InChI=1S/C24H29N7O4/c1-14-9-17(30-35-14)20-28-27-11-18-19(23(2,3)4)22(29-31(18)20)34-12-16-8-7-15(10-25-16)21(32)26-13-24(5,6)33/h7-11,33H,12-13H2,1-6H3,(H,26,32). The van der Waals surface area contributed by atoms with Gasteiger partial charge in [-0.3, -0.25) is 9.78 Å². The van der Waals surface area contributed by atoms with Crippen molar-refractivity contribution in [3.8, 4) is 17.4 Å². The number of carbonyl (C=O) groups excluding carboxylic acids is 1. The molecule has 0 unspecified atom stereocenters. The van der Waals surface area contributed by atoms with Gasteiger partial charge >= 0.3 is 0 Å². The van der Waals surface area contributed by atoms with Crippen molar-refractivity contribution in [1.82, 2.24) is 35.3 Å². The summed E-state index contributed by atoms with van der Waals surface area (Å²) in [5, 5.41) is 29.5. The van der Waals surface area contributed by atoms with Gasteiger partial charge in [-0.1, -0.05) is 25.9 Å². The van der Waals surface area contributed by atoms with E-state index in [-0.39, 0.29) is 24.5 Å². The highest BCUT2D eigenvalue weighted by molar-refractivity contribution is 5.93. The van der Waals surface area contributed by atoms with Crippen molar-refractivity contribution in [2.45, 2.75) is 59.2 Å². The van der Waals surface area contributed by atoms with Crippen LogP contribution in [0.25, 0.3) is 17.0 Å². The molecule has 0 radical (unpaired) electrons. The van der Waals surface area contributed by atoms with Crippen LogP contribution in [0.15, 0.2) is 35.1 Å². The van der Waals surface area contributed by atoms with Gasteiger partial charge in [0.25, 0.3) is 5.91 Å². The van der Waals surface area contributed by atoms with Crippen molar-refractivity contribution >= 4 is 11.4 Å². The van der Waals surface area contributed by atoms with Gasteiger partial charge < -0.3 is 19.7 Å². The van der Waals surface area contributed by atoms with E-state index in [9.17, 15) is 9.90 Å². The molecule has 0 aromatic carbocycles. The number of aliphatic hydroxyl groups is 1. The smallest absolute Gasteiger partial charge is 0.252 e. The molecule has 4 rings (SSSR count). The molecular formula is C24H29N7O4. The molecule has 0 aliphatic carbocycles. The molecule has 11 nitrogen and oxygen atoms in total. The van der Waals surface area contributed by atoms with Crippen molar-refractivity contribution in [2.24, 2.45) is 0 Å². The highest BCUT2D eigenvalue weighted by Gasteiger charge is 2.28. The zero-order chi connectivity index (χ0) is 25.4. The average Bonchev–Trinajstić information content (AvgIpc) is 3.38. The molecule has 0 spiro atoms. The fourth-order valence-electron chi connectivity index (χ4n) is 3.49. The Kier molecular flexibility index (Phi) is 6.28. The lowest BCUT2D eigenvalue weighted by Crippen LogP contribution is -2.38. The van der Waals surface area contributed by atoms with Crippen LogP contribution in [-0.2, 0) is 12.0 Å². The fourth-order valence-corrected chi connectivity index (χ4v) is 3.49. The van der Waals surface area contributed by atoms with Gasteiger partial charge in [0.1, 0.15) is 12.4 Å². The third-order valence-electron chi connectivity index (χ3n) is 5.15. The molecule has 35 heavy (non-hydrogen) atoms. The maximum Gasteiger partial charge on any atom is 0.252 e. The van der Waals surface area contributed by atoms with Crippen molar-refractivity contribution in [3.05, 3.63) is 53.2 Å². The SMILES string of the molecule is Cc1cc(-c2nncc3c(C(C)(C)C)c(OCc4ccc(C(=O)NCC(C)(C)O)cn4)nn23)no1. The number of hydrogen-bond acceptors (Lipinski definition) is 9.